The number of fused-ring (bicyclic) bond motifs is 1. The van der Waals surface area contributed by atoms with Gasteiger partial charge in [-0.05, 0) is 20.8 Å². The van der Waals surface area contributed by atoms with Crippen LogP contribution in [-0.4, -0.2) is 35.2 Å². The lowest BCUT2D eigenvalue weighted by atomic mass is 10.2. The quantitative estimate of drug-likeness (QED) is 0.827. The van der Waals surface area contributed by atoms with Crippen molar-refractivity contribution in [2.24, 2.45) is 0 Å². The molecule has 8 heteroatoms. The van der Waals surface area contributed by atoms with Crippen LogP contribution in [0.15, 0.2) is 12.3 Å². The summed E-state index contributed by atoms with van der Waals surface area (Å²) >= 11 is 5.81. The number of ether oxygens (including phenoxy) is 2. The van der Waals surface area contributed by atoms with Gasteiger partial charge in [0.25, 0.3) is 5.91 Å². The van der Waals surface area contributed by atoms with Crippen LogP contribution in [0.4, 0.5) is 10.6 Å². The molecule has 21 heavy (non-hydrogen) atoms. The molecule has 2 rings (SSSR count). The zero-order valence-corrected chi connectivity index (χ0v) is 12.7. The summed E-state index contributed by atoms with van der Waals surface area (Å²) in [7, 11) is 0. The van der Waals surface area contributed by atoms with Gasteiger partial charge in [0.2, 0.25) is 0 Å². The van der Waals surface area contributed by atoms with Gasteiger partial charge in [-0.25, -0.2) is 9.78 Å². The van der Waals surface area contributed by atoms with Crippen LogP contribution in [0.3, 0.4) is 0 Å². The van der Waals surface area contributed by atoms with Gasteiger partial charge < -0.3 is 20.1 Å². The summed E-state index contributed by atoms with van der Waals surface area (Å²) in [4.78, 5) is 27.7. The number of aromatic nitrogens is 1. The monoisotopic (exact) mass is 313 g/mol. The zero-order chi connectivity index (χ0) is 15.6. The summed E-state index contributed by atoms with van der Waals surface area (Å²) in [6, 6.07) is 0.660. The number of hydrogen-bond donors (Lipinski definition) is 2. The number of nitrogens with zero attached hydrogens (tertiary/aromatic N) is 1. The van der Waals surface area contributed by atoms with E-state index in [1.54, 1.807) is 26.8 Å². The molecule has 1 atom stereocenters. The molecule has 2 N–H and O–H groups in total. The SMILES string of the molecule is CC(C)(C)OC(=O)N[C@H]1COc2cc(Cl)cnc2NC1=O. The van der Waals surface area contributed by atoms with Crippen molar-refractivity contribution < 1.29 is 19.1 Å². The van der Waals surface area contributed by atoms with Crippen molar-refractivity contribution in [2.75, 3.05) is 11.9 Å². The second-order valence-corrected chi connectivity index (χ2v) is 5.94. The molecular weight excluding hydrogens is 298 g/mol. The first-order valence-corrected chi connectivity index (χ1v) is 6.71. The Balaban J connectivity index is 2.05. The molecule has 114 valence electrons. The van der Waals surface area contributed by atoms with Gasteiger partial charge in [-0.2, -0.15) is 0 Å². The third-order valence-corrected chi connectivity index (χ3v) is 2.68. The van der Waals surface area contributed by atoms with Crippen LogP contribution < -0.4 is 15.4 Å². The summed E-state index contributed by atoms with van der Waals surface area (Å²) in [5.74, 6) is 0.177. The van der Waals surface area contributed by atoms with E-state index in [2.05, 4.69) is 15.6 Å². The Bertz CT molecular complexity index is 571. The number of carbonyl (C=O) groups is 2. The van der Waals surface area contributed by atoms with E-state index in [1.807, 2.05) is 0 Å². The number of rotatable bonds is 1. The summed E-state index contributed by atoms with van der Waals surface area (Å²) in [5.41, 5.74) is -0.649. The Morgan fingerprint density at radius 2 is 2.29 bits per heavy atom. The number of halogens is 1. The molecule has 0 saturated carbocycles. The molecule has 0 aliphatic carbocycles. The van der Waals surface area contributed by atoms with Gasteiger partial charge in [0.15, 0.2) is 11.6 Å². The predicted molar refractivity (Wildman–Crippen MR) is 76.5 cm³/mol. The first-order chi connectivity index (χ1) is 9.74. The average Bonchev–Trinajstić information content (AvgIpc) is 2.48. The van der Waals surface area contributed by atoms with Crippen molar-refractivity contribution in [1.82, 2.24) is 10.3 Å². The van der Waals surface area contributed by atoms with Crippen LogP contribution in [0.2, 0.25) is 5.02 Å². The molecule has 0 radical (unpaired) electrons. The van der Waals surface area contributed by atoms with Crippen LogP contribution in [0.25, 0.3) is 0 Å². The third-order valence-electron chi connectivity index (χ3n) is 2.47. The lowest BCUT2D eigenvalue weighted by Gasteiger charge is -2.22. The van der Waals surface area contributed by atoms with Gasteiger partial charge in [-0.15, -0.1) is 0 Å². The third kappa shape index (κ3) is 4.22. The van der Waals surface area contributed by atoms with E-state index in [-0.39, 0.29) is 12.4 Å². The first-order valence-electron chi connectivity index (χ1n) is 6.33. The predicted octanol–water partition coefficient (Wildman–Crippen LogP) is 1.96. The molecule has 0 unspecified atom stereocenters. The van der Waals surface area contributed by atoms with Crippen LogP contribution >= 0.6 is 11.6 Å². The zero-order valence-electron chi connectivity index (χ0n) is 11.9. The van der Waals surface area contributed by atoms with Gasteiger partial charge in [-0.3, -0.25) is 4.79 Å². The number of hydrogen-bond acceptors (Lipinski definition) is 5. The number of pyridine rings is 1. The van der Waals surface area contributed by atoms with Crippen LogP contribution in [0, 0.1) is 0 Å². The Kier molecular flexibility index (Phi) is 4.22. The lowest BCUT2D eigenvalue weighted by molar-refractivity contribution is -0.118. The lowest BCUT2D eigenvalue weighted by Crippen LogP contribution is -2.48. The minimum Gasteiger partial charge on any atom is -0.487 e. The van der Waals surface area contributed by atoms with Crippen molar-refractivity contribution in [3.05, 3.63) is 17.3 Å². The van der Waals surface area contributed by atoms with Gasteiger partial charge in [-0.1, -0.05) is 11.6 Å². The van der Waals surface area contributed by atoms with Crippen molar-refractivity contribution in [3.63, 3.8) is 0 Å². The largest absolute Gasteiger partial charge is 0.487 e. The minimum absolute atomic E-state index is 0.0416. The van der Waals surface area contributed by atoms with E-state index in [0.29, 0.717) is 10.8 Å². The highest BCUT2D eigenvalue weighted by molar-refractivity contribution is 6.30. The van der Waals surface area contributed by atoms with E-state index in [9.17, 15) is 9.59 Å². The molecule has 2 heterocycles. The normalized spacial score (nSPS) is 17.9. The average molecular weight is 314 g/mol. The molecule has 1 aromatic rings. The second kappa shape index (κ2) is 5.77. The van der Waals surface area contributed by atoms with E-state index in [1.165, 1.54) is 6.20 Å². The number of nitrogens with one attached hydrogen (secondary N) is 2. The number of anilines is 1. The van der Waals surface area contributed by atoms with Crippen LogP contribution in [-0.2, 0) is 9.53 Å². The second-order valence-electron chi connectivity index (χ2n) is 5.50. The fourth-order valence-corrected chi connectivity index (χ4v) is 1.78. The Hall–Kier alpha value is -2.02. The number of alkyl carbamates (subject to hydrolysis) is 1. The van der Waals surface area contributed by atoms with E-state index < -0.39 is 23.6 Å². The van der Waals surface area contributed by atoms with Gasteiger partial charge in [0.1, 0.15) is 18.2 Å². The van der Waals surface area contributed by atoms with E-state index in [4.69, 9.17) is 21.1 Å². The molecule has 0 bridgehead atoms. The van der Waals surface area contributed by atoms with Crippen molar-refractivity contribution in [1.29, 1.82) is 0 Å². The van der Waals surface area contributed by atoms with Crippen LogP contribution in [0.5, 0.6) is 5.75 Å². The molecule has 2 amide bonds. The topological polar surface area (TPSA) is 89.6 Å². The highest BCUT2D eigenvalue weighted by atomic mass is 35.5. The highest BCUT2D eigenvalue weighted by Crippen LogP contribution is 2.27. The summed E-state index contributed by atoms with van der Waals surface area (Å²) in [6.07, 6.45) is 0.703. The molecule has 1 aliphatic rings. The fraction of sp³-hybridized carbons (Fsp3) is 0.462. The maximum atomic E-state index is 12.0. The molecule has 0 saturated heterocycles. The molecular formula is C13H16ClN3O4. The van der Waals surface area contributed by atoms with Gasteiger partial charge in [0, 0.05) is 12.3 Å². The highest BCUT2D eigenvalue weighted by Gasteiger charge is 2.28. The summed E-state index contributed by atoms with van der Waals surface area (Å²) in [5, 5.41) is 5.41. The smallest absolute Gasteiger partial charge is 0.408 e. The number of carbonyl (C=O) groups excluding carboxylic acids is 2. The maximum Gasteiger partial charge on any atom is 0.408 e. The van der Waals surface area contributed by atoms with Crippen molar-refractivity contribution in [3.8, 4) is 5.75 Å². The first kappa shape index (κ1) is 15.4. The summed E-state index contributed by atoms with van der Waals surface area (Å²) in [6.45, 7) is 5.16. The standard InChI is InChI=1S/C13H16ClN3O4/c1-13(2,3)21-12(19)16-8-6-20-9-4-7(14)5-15-10(9)17-11(8)18/h4-5,8H,6H2,1-3H3,(H,16,19)(H,15,17,18)/t8-/m0/s1. The molecule has 1 aromatic heterocycles. The van der Waals surface area contributed by atoms with Gasteiger partial charge in [0.05, 0.1) is 5.02 Å². The number of amides is 2. The Morgan fingerprint density at radius 3 is 2.95 bits per heavy atom. The van der Waals surface area contributed by atoms with Gasteiger partial charge >= 0.3 is 6.09 Å². The molecule has 0 spiro atoms. The molecule has 0 fully saturated rings. The minimum atomic E-state index is -0.882. The van der Waals surface area contributed by atoms with E-state index >= 15 is 0 Å². The van der Waals surface area contributed by atoms with Crippen molar-refractivity contribution >= 4 is 29.4 Å². The van der Waals surface area contributed by atoms with Crippen molar-refractivity contribution in [2.45, 2.75) is 32.4 Å². The summed E-state index contributed by atoms with van der Waals surface area (Å²) < 4.78 is 10.5. The fourth-order valence-electron chi connectivity index (χ4n) is 1.63. The molecule has 0 aromatic carbocycles. The Morgan fingerprint density at radius 1 is 1.57 bits per heavy atom. The Labute approximate surface area is 127 Å². The van der Waals surface area contributed by atoms with E-state index in [0.717, 1.165) is 0 Å². The molecule has 1 aliphatic heterocycles. The maximum absolute atomic E-state index is 12.0. The van der Waals surface area contributed by atoms with Crippen LogP contribution in [0.1, 0.15) is 20.8 Å². The molecule has 7 nitrogen and oxygen atoms in total.